The largest absolute Gasteiger partial charge is 0.326 e. The second-order valence-corrected chi connectivity index (χ2v) is 3.99. The number of nitrogens with two attached hydrogens (primary N) is 1. The van der Waals surface area contributed by atoms with Gasteiger partial charge in [-0.2, -0.15) is 5.10 Å². The van der Waals surface area contributed by atoms with Crippen LogP contribution < -0.4 is 5.73 Å². The number of nitrogens with zero attached hydrogens (tertiary/aromatic N) is 2. The van der Waals surface area contributed by atoms with Crippen molar-refractivity contribution in [3.63, 3.8) is 0 Å². The van der Waals surface area contributed by atoms with Crippen LogP contribution in [0.3, 0.4) is 0 Å². The summed E-state index contributed by atoms with van der Waals surface area (Å²) in [5, 5.41) is 5.56. The van der Waals surface area contributed by atoms with Crippen LogP contribution in [0.2, 0.25) is 0 Å². The lowest BCUT2D eigenvalue weighted by Gasteiger charge is -2.05. The summed E-state index contributed by atoms with van der Waals surface area (Å²) < 4.78 is 1.94. The molecule has 0 aliphatic carbocycles. The lowest BCUT2D eigenvalue weighted by atomic mass is 10.2. The van der Waals surface area contributed by atoms with E-state index in [1.165, 1.54) is 0 Å². The molecule has 1 aromatic heterocycles. The zero-order valence-electron chi connectivity index (χ0n) is 9.38. The Labute approximate surface area is 99.5 Å². The predicted molar refractivity (Wildman–Crippen MR) is 69.0 cm³/mol. The maximum Gasteiger partial charge on any atom is 0.0741 e. The first-order chi connectivity index (χ1) is 8.38. The second-order valence-electron chi connectivity index (χ2n) is 3.99. The lowest BCUT2D eigenvalue weighted by molar-refractivity contribution is 0.905. The van der Waals surface area contributed by atoms with E-state index in [1.807, 2.05) is 41.2 Å². The van der Waals surface area contributed by atoms with E-state index in [0.717, 1.165) is 22.2 Å². The normalized spacial score (nSPS) is 10.9. The highest BCUT2D eigenvalue weighted by atomic mass is 15.3. The lowest BCUT2D eigenvalue weighted by Crippen LogP contribution is -2.00. The van der Waals surface area contributed by atoms with E-state index in [4.69, 9.17) is 5.73 Å². The van der Waals surface area contributed by atoms with Crippen LogP contribution in [0.1, 0.15) is 5.56 Å². The Morgan fingerprint density at radius 2 is 1.94 bits per heavy atom. The molecule has 1 heterocycles. The van der Waals surface area contributed by atoms with Crippen molar-refractivity contribution in [2.75, 3.05) is 0 Å². The number of fused-ring (bicyclic) bond motifs is 1. The molecule has 2 aromatic carbocycles. The van der Waals surface area contributed by atoms with Crippen LogP contribution in [0.4, 0.5) is 0 Å². The summed E-state index contributed by atoms with van der Waals surface area (Å²) in [6.45, 7) is 0.549. The summed E-state index contributed by atoms with van der Waals surface area (Å²) in [6, 6.07) is 16.3. The van der Waals surface area contributed by atoms with Crippen molar-refractivity contribution < 1.29 is 0 Å². The Hall–Kier alpha value is -2.13. The Bertz CT molecular complexity index is 655. The van der Waals surface area contributed by atoms with Crippen LogP contribution in [0.25, 0.3) is 16.6 Å². The van der Waals surface area contributed by atoms with Gasteiger partial charge in [-0.25, -0.2) is 4.68 Å². The first-order valence-corrected chi connectivity index (χ1v) is 5.60. The maximum atomic E-state index is 5.66. The van der Waals surface area contributed by atoms with Gasteiger partial charge in [-0.1, -0.05) is 30.3 Å². The van der Waals surface area contributed by atoms with E-state index < -0.39 is 0 Å². The molecule has 0 amide bonds. The van der Waals surface area contributed by atoms with E-state index in [1.54, 1.807) is 0 Å². The molecular formula is C14H13N3. The molecule has 0 saturated carbocycles. The first kappa shape index (κ1) is 10.1. The first-order valence-electron chi connectivity index (χ1n) is 5.60. The van der Waals surface area contributed by atoms with Gasteiger partial charge in [0.2, 0.25) is 0 Å². The molecule has 3 aromatic rings. The molecule has 0 fully saturated rings. The van der Waals surface area contributed by atoms with Gasteiger partial charge in [-0.05, 0) is 23.8 Å². The number of para-hydroxylation sites is 1. The molecule has 0 spiro atoms. The number of aromatic nitrogens is 2. The van der Waals surface area contributed by atoms with Gasteiger partial charge in [0.25, 0.3) is 0 Å². The van der Waals surface area contributed by atoms with E-state index >= 15 is 0 Å². The van der Waals surface area contributed by atoms with E-state index in [9.17, 15) is 0 Å². The van der Waals surface area contributed by atoms with Crippen molar-refractivity contribution in [1.29, 1.82) is 0 Å². The fourth-order valence-corrected chi connectivity index (χ4v) is 1.99. The van der Waals surface area contributed by atoms with Crippen LogP contribution in [-0.4, -0.2) is 9.78 Å². The van der Waals surface area contributed by atoms with Crippen molar-refractivity contribution >= 4 is 10.9 Å². The minimum Gasteiger partial charge on any atom is -0.326 e. The molecule has 0 radical (unpaired) electrons. The summed E-state index contributed by atoms with van der Waals surface area (Å²) >= 11 is 0. The van der Waals surface area contributed by atoms with Crippen LogP contribution in [-0.2, 0) is 6.54 Å². The van der Waals surface area contributed by atoms with E-state index in [-0.39, 0.29) is 0 Å². The fourth-order valence-electron chi connectivity index (χ4n) is 1.99. The van der Waals surface area contributed by atoms with Crippen LogP contribution in [0, 0.1) is 0 Å². The minimum atomic E-state index is 0.549. The van der Waals surface area contributed by atoms with Crippen molar-refractivity contribution in [3.8, 4) is 5.69 Å². The number of rotatable bonds is 2. The molecule has 3 heteroatoms. The zero-order valence-corrected chi connectivity index (χ0v) is 9.38. The van der Waals surface area contributed by atoms with E-state index in [0.29, 0.717) is 6.54 Å². The SMILES string of the molecule is NCc1cccc(-n2ncc3ccccc32)c1. The summed E-state index contributed by atoms with van der Waals surface area (Å²) in [5.41, 5.74) is 8.93. The summed E-state index contributed by atoms with van der Waals surface area (Å²) in [6.07, 6.45) is 1.88. The third-order valence-corrected chi connectivity index (χ3v) is 2.87. The Balaban J connectivity index is 2.20. The standard InChI is InChI=1S/C14H13N3/c15-9-11-4-3-6-13(8-11)17-14-7-2-1-5-12(14)10-16-17/h1-8,10H,9,15H2. The van der Waals surface area contributed by atoms with Crippen molar-refractivity contribution in [2.45, 2.75) is 6.54 Å². The highest BCUT2D eigenvalue weighted by Crippen LogP contribution is 2.18. The third-order valence-electron chi connectivity index (χ3n) is 2.87. The van der Waals surface area contributed by atoms with Gasteiger partial charge >= 0.3 is 0 Å². The molecule has 3 rings (SSSR count). The average molecular weight is 223 g/mol. The predicted octanol–water partition coefficient (Wildman–Crippen LogP) is 2.48. The Morgan fingerprint density at radius 3 is 2.82 bits per heavy atom. The second kappa shape index (κ2) is 4.03. The van der Waals surface area contributed by atoms with Crippen molar-refractivity contribution in [1.82, 2.24) is 9.78 Å². The molecule has 3 nitrogen and oxygen atoms in total. The molecule has 2 N–H and O–H groups in total. The van der Waals surface area contributed by atoms with Gasteiger partial charge in [-0.15, -0.1) is 0 Å². The van der Waals surface area contributed by atoms with E-state index in [2.05, 4.69) is 23.3 Å². The number of hydrogen-bond donors (Lipinski definition) is 1. The third kappa shape index (κ3) is 1.70. The smallest absolute Gasteiger partial charge is 0.0741 e. The summed E-state index contributed by atoms with van der Waals surface area (Å²) in [4.78, 5) is 0. The molecular weight excluding hydrogens is 210 g/mol. The van der Waals surface area contributed by atoms with Gasteiger partial charge in [0.05, 0.1) is 17.4 Å². The molecule has 0 bridgehead atoms. The maximum absolute atomic E-state index is 5.66. The molecule has 0 aliphatic rings. The van der Waals surface area contributed by atoms with Crippen LogP contribution in [0.15, 0.2) is 54.7 Å². The van der Waals surface area contributed by atoms with Gasteiger partial charge in [0, 0.05) is 11.9 Å². The molecule has 0 unspecified atom stereocenters. The molecule has 84 valence electrons. The molecule has 17 heavy (non-hydrogen) atoms. The minimum absolute atomic E-state index is 0.549. The molecule has 0 saturated heterocycles. The average Bonchev–Trinajstić information content (AvgIpc) is 2.82. The molecule has 0 atom stereocenters. The van der Waals surface area contributed by atoms with Crippen LogP contribution >= 0.6 is 0 Å². The van der Waals surface area contributed by atoms with Crippen molar-refractivity contribution in [2.24, 2.45) is 5.73 Å². The zero-order chi connectivity index (χ0) is 11.7. The van der Waals surface area contributed by atoms with Gasteiger partial charge in [0.1, 0.15) is 0 Å². The van der Waals surface area contributed by atoms with Gasteiger partial charge in [-0.3, -0.25) is 0 Å². The topological polar surface area (TPSA) is 43.8 Å². The Morgan fingerprint density at radius 1 is 1.06 bits per heavy atom. The van der Waals surface area contributed by atoms with Gasteiger partial charge in [0.15, 0.2) is 0 Å². The van der Waals surface area contributed by atoms with Crippen LogP contribution in [0.5, 0.6) is 0 Å². The quantitative estimate of drug-likeness (QED) is 0.725. The fraction of sp³-hybridized carbons (Fsp3) is 0.0714. The highest BCUT2D eigenvalue weighted by Gasteiger charge is 2.03. The number of hydrogen-bond acceptors (Lipinski definition) is 2. The van der Waals surface area contributed by atoms with Crippen molar-refractivity contribution in [3.05, 3.63) is 60.3 Å². The monoisotopic (exact) mass is 223 g/mol. The Kier molecular flexibility index (Phi) is 2.38. The number of benzene rings is 2. The summed E-state index contributed by atoms with van der Waals surface area (Å²) in [5.74, 6) is 0. The summed E-state index contributed by atoms with van der Waals surface area (Å²) in [7, 11) is 0. The highest BCUT2D eigenvalue weighted by molar-refractivity contribution is 5.80. The molecule has 0 aliphatic heterocycles. The van der Waals surface area contributed by atoms with Gasteiger partial charge < -0.3 is 5.73 Å².